The van der Waals surface area contributed by atoms with Crippen molar-refractivity contribution in [1.82, 2.24) is 0 Å². The van der Waals surface area contributed by atoms with Gasteiger partial charge in [-0.15, -0.1) is 0 Å². The van der Waals surface area contributed by atoms with Gasteiger partial charge in [0.05, 0.1) is 0 Å². The Labute approximate surface area is 119 Å². The molecule has 0 aromatic heterocycles. The molecule has 20 heavy (non-hydrogen) atoms. The number of rotatable bonds is 8. The molecule has 1 rings (SSSR count). The van der Waals surface area contributed by atoms with Gasteiger partial charge in [-0.25, -0.2) is 4.79 Å². The van der Waals surface area contributed by atoms with E-state index >= 15 is 0 Å². The van der Waals surface area contributed by atoms with Crippen molar-refractivity contribution in [3.63, 3.8) is 0 Å². The molecule has 0 aliphatic heterocycles. The van der Waals surface area contributed by atoms with Crippen LogP contribution in [0, 0.1) is 0 Å². The second-order valence-corrected chi connectivity index (χ2v) is 4.77. The highest BCUT2D eigenvalue weighted by molar-refractivity contribution is 5.88. The number of aliphatic carboxylic acids is 1. The largest absolute Gasteiger partial charge is 0.481 e. The first-order valence-corrected chi connectivity index (χ1v) is 6.67. The second-order valence-electron chi connectivity index (χ2n) is 4.77. The van der Waals surface area contributed by atoms with Crippen LogP contribution in [0.25, 0.3) is 0 Å². The Morgan fingerprint density at radius 3 is 2.35 bits per heavy atom. The molecule has 4 heteroatoms. The van der Waals surface area contributed by atoms with E-state index in [2.05, 4.69) is 6.58 Å². The Bertz CT molecular complexity index is 474. The maximum absolute atomic E-state index is 11.3. The Morgan fingerprint density at radius 1 is 1.15 bits per heavy atom. The van der Waals surface area contributed by atoms with Gasteiger partial charge in [0, 0.05) is 12.0 Å². The topological polar surface area (TPSA) is 63.6 Å². The van der Waals surface area contributed by atoms with Crippen LogP contribution in [0.15, 0.2) is 36.4 Å². The van der Waals surface area contributed by atoms with E-state index in [0.717, 1.165) is 24.8 Å². The fourth-order valence-corrected chi connectivity index (χ4v) is 1.70. The summed E-state index contributed by atoms with van der Waals surface area (Å²) >= 11 is 0. The van der Waals surface area contributed by atoms with Crippen molar-refractivity contribution in [2.24, 2.45) is 0 Å². The lowest BCUT2D eigenvalue weighted by Gasteiger charge is -2.05. The summed E-state index contributed by atoms with van der Waals surface area (Å²) in [5, 5.41) is 8.52. The molecule has 108 valence electrons. The summed E-state index contributed by atoms with van der Waals surface area (Å²) < 4.78 is 5.10. The number of carboxylic acid groups (broad SMARTS) is 1. The number of ether oxygens (including phenoxy) is 1. The zero-order chi connectivity index (χ0) is 15.0. The molecule has 0 aliphatic rings. The van der Waals surface area contributed by atoms with Gasteiger partial charge in [0.1, 0.15) is 5.75 Å². The minimum Gasteiger partial charge on any atom is -0.481 e. The van der Waals surface area contributed by atoms with Gasteiger partial charge in [0.25, 0.3) is 0 Å². The summed E-state index contributed by atoms with van der Waals surface area (Å²) in [5.41, 5.74) is 1.52. The van der Waals surface area contributed by atoms with Crippen LogP contribution in [0.4, 0.5) is 0 Å². The number of hydrogen-bond acceptors (Lipinski definition) is 3. The van der Waals surface area contributed by atoms with Crippen LogP contribution in [-0.4, -0.2) is 17.0 Å². The third kappa shape index (κ3) is 6.18. The number of carbonyl (C=O) groups is 2. The summed E-state index contributed by atoms with van der Waals surface area (Å²) in [6.07, 6.45) is 3.70. The number of carbonyl (C=O) groups excluding carboxylic acids is 1. The van der Waals surface area contributed by atoms with Crippen LogP contribution in [0.2, 0.25) is 0 Å². The van der Waals surface area contributed by atoms with Crippen molar-refractivity contribution in [2.75, 3.05) is 0 Å². The summed E-state index contributed by atoms with van der Waals surface area (Å²) in [7, 11) is 0. The lowest BCUT2D eigenvalue weighted by Crippen LogP contribution is -2.08. The average molecular weight is 276 g/mol. The highest BCUT2D eigenvalue weighted by atomic mass is 16.5. The fourth-order valence-electron chi connectivity index (χ4n) is 1.70. The monoisotopic (exact) mass is 276 g/mol. The fraction of sp³-hybridized carbons (Fsp3) is 0.375. The SMILES string of the molecule is C=C(C)C(=O)Oc1ccc(CCCCCC(=O)O)cc1. The molecule has 0 aliphatic carbocycles. The molecule has 0 heterocycles. The Balaban J connectivity index is 2.33. The van der Waals surface area contributed by atoms with Gasteiger partial charge in [0.2, 0.25) is 0 Å². The molecule has 0 unspecified atom stereocenters. The molecular formula is C16H20O4. The molecule has 0 saturated heterocycles. The smallest absolute Gasteiger partial charge is 0.338 e. The third-order valence-electron chi connectivity index (χ3n) is 2.84. The van der Waals surface area contributed by atoms with Gasteiger partial charge in [-0.2, -0.15) is 0 Å². The molecule has 0 fully saturated rings. The molecular weight excluding hydrogens is 256 g/mol. The predicted molar refractivity (Wildman–Crippen MR) is 76.7 cm³/mol. The Morgan fingerprint density at radius 2 is 1.80 bits per heavy atom. The van der Waals surface area contributed by atoms with Crippen molar-refractivity contribution < 1.29 is 19.4 Å². The minimum absolute atomic E-state index is 0.232. The van der Waals surface area contributed by atoms with Crippen LogP contribution >= 0.6 is 0 Å². The second kappa shape index (κ2) is 8.15. The van der Waals surface area contributed by atoms with E-state index < -0.39 is 11.9 Å². The van der Waals surface area contributed by atoms with E-state index in [1.807, 2.05) is 12.1 Å². The van der Waals surface area contributed by atoms with Crippen molar-refractivity contribution >= 4 is 11.9 Å². The molecule has 0 saturated carbocycles. The van der Waals surface area contributed by atoms with E-state index in [9.17, 15) is 9.59 Å². The zero-order valence-corrected chi connectivity index (χ0v) is 11.7. The van der Waals surface area contributed by atoms with Gasteiger partial charge >= 0.3 is 11.9 Å². The molecule has 1 aromatic carbocycles. The zero-order valence-electron chi connectivity index (χ0n) is 11.7. The van der Waals surface area contributed by atoms with E-state index in [1.165, 1.54) is 0 Å². The van der Waals surface area contributed by atoms with Crippen LogP contribution in [0.5, 0.6) is 5.75 Å². The van der Waals surface area contributed by atoms with E-state index in [1.54, 1.807) is 19.1 Å². The van der Waals surface area contributed by atoms with Gasteiger partial charge in [0.15, 0.2) is 0 Å². The molecule has 1 aromatic rings. The molecule has 4 nitrogen and oxygen atoms in total. The summed E-state index contributed by atoms with van der Waals surface area (Å²) in [6, 6.07) is 7.34. The maximum Gasteiger partial charge on any atom is 0.338 e. The van der Waals surface area contributed by atoms with E-state index in [4.69, 9.17) is 9.84 Å². The first kappa shape index (κ1) is 16.0. The molecule has 1 N–H and O–H groups in total. The number of benzene rings is 1. The molecule has 0 spiro atoms. The summed E-state index contributed by atoms with van der Waals surface area (Å²) in [4.78, 5) is 21.7. The van der Waals surface area contributed by atoms with Crippen LogP contribution in [-0.2, 0) is 16.0 Å². The Kier molecular flexibility index (Phi) is 6.50. The first-order chi connectivity index (χ1) is 9.49. The van der Waals surface area contributed by atoms with E-state index in [0.29, 0.717) is 17.7 Å². The van der Waals surface area contributed by atoms with Crippen LogP contribution in [0.1, 0.15) is 38.2 Å². The molecule has 0 atom stereocenters. The number of carboxylic acids is 1. The number of hydrogen-bond donors (Lipinski definition) is 1. The van der Waals surface area contributed by atoms with Gasteiger partial charge in [-0.1, -0.05) is 25.1 Å². The molecule has 0 radical (unpaired) electrons. The van der Waals surface area contributed by atoms with Gasteiger partial charge in [-0.3, -0.25) is 4.79 Å². The maximum atomic E-state index is 11.3. The standard InChI is InChI=1S/C16H20O4/c1-12(2)16(19)20-14-10-8-13(9-11-14)6-4-3-5-7-15(17)18/h8-11H,1,3-7H2,2H3,(H,17,18). The summed E-state index contributed by atoms with van der Waals surface area (Å²) in [5.74, 6) is -0.660. The first-order valence-electron chi connectivity index (χ1n) is 6.67. The number of unbranched alkanes of at least 4 members (excludes halogenated alkanes) is 2. The van der Waals surface area contributed by atoms with Gasteiger partial charge < -0.3 is 9.84 Å². The van der Waals surface area contributed by atoms with Crippen molar-refractivity contribution in [3.05, 3.63) is 42.0 Å². The van der Waals surface area contributed by atoms with Crippen molar-refractivity contribution in [2.45, 2.75) is 39.0 Å². The quantitative estimate of drug-likeness (QED) is 0.342. The third-order valence-corrected chi connectivity index (χ3v) is 2.84. The van der Waals surface area contributed by atoms with Crippen molar-refractivity contribution in [3.8, 4) is 5.75 Å². The normalized spacial score (nSPS) is 10.1. The lowest BCUT2D eigenvalue weighted by molar-refractivity contribution is -0.137. The van der Waals surface area contributed by atoms with Crippen LogP contribution < -0.4 is 4.74 Å². The average Bonchev–Trinajstić information content (AvgIpc) is 2.39. The Hall–Kier alpha value is -2.10. The van der Waals surface area contributed by atoms with Gasteiger partial charge in [-0.05, 0) is 43.9 Å². The number of aryl methyl sites for hydroxylation is 1. The summed E-state index contributed by atoms with van der Waals surface area (Å²) in [6.45, 7) is 5.13. The number of esters is 1. The predicted octanol–water partition coefficient (Wildman–Crippen LogP) is 3.36. The minimum atomic E-state index is -0.742. The lowest BCUT2D eigenvalue weighted by atomic mass is 10.1. The van der Waals surface area contributed by atoms with Crippen LogP contribution in [0.3, 0.4) is 0 Å². The highest BCUT2D eigenvalue weighted by Crippen LogP contribution is 2.15. The van der Waals surface area contributed by atoms with E-state index in [-0.39, 0.29) is 6.42 Å². The highest BCUT2D eigenvalue weighted by Gasteiger charge is 2.05. The molecule has 0 amide bonds. The van der Waals surface area contributed by atoms with Crippen molar-refractivity contribution in [1.29, 1.82) is 0 Å². The molecule has 0 bridgehead atoms.